The summed E-state index contributed by atoms with van der Waals surface area (Å²) in [5.41, 5.74) is 2.25. The van der Waals surface area contributed by atoms with E-state index >= 15 is 0 Å². The number of para-hydroxylation sites is 1. The van der Waals surface area contributed by atoms with Gasteiger partial charge in [0.15, 0.2) is 11.5 Å². The molecule has 0 unspecified atom stereocenters. The molecule has 2 aromatic carbocycles. The van der Waals surface area contributed by atoms with Crippen LogP contribution in [0.5, 0.6) is 17.2 Å². The van der Waals surface area contributed by atoms with E-state index in [1.165, 1.54) is 0 Å². The minimum atomic E-state index is 0.675. The molecule has 0 heterocycles. The maximum atomic E-state index is 5.73. The highest BCUT2D eigenvalue weighted by Gasteiger charge is 2.10. The molecule has 0 saturated carbocycles. The predicted octanol–water partition coefficient (Wildman–Crippen LogP) is 4.54. The van der Waals surface area contributed by atoms with Crippen molar-refractivity contribution in [2.24, 2.45) is 0 Å². The first-order chi connectivity index (χ1) is 11.7. The zero-order chi connectivity index (χ0) is 17.4. The van der Waals surface area contributed by atoms with Crippen molar-refractivity contribution >= 4 is 15.9 Å². The summed E-state index contributed by atoms with van der Waals surface area (Å²) in [6.45, 7) is 4.20. The van der Waals surface area contributed by atoms with Gasteiger partial charge in [0, 0.05) is 23.1 Å². The van der Waals surface area contributed by atoms with Crippen molar-refractivity contribution in [3.63, 3.8) is 0 Å². The van der Waals surface area contributed by atoms with Crippen molar-refractivity contribution < 1.29 is 14.2 Å². The fourth-order valence-electron chi connectivity index (χ4n) is 2.38. The molecule has 0 aliphatic heterocycles. The molecule has 1 N–H and O–H groups in total. The van der Waals surface area contributed by atoms with Crippen LogP contribution in [-0.2, 0) is 13.1 Å². The summed E-state index contributed by atoms with van der Waals surface area (Å²) < 4.78 is 17.5. The molecular formula is C19H24BrNO3. The van der Waals surface area contributed by atoms with Gasteiger partial charge >= 0.3 is 0 Å². The van der Waals surface area contributed by atoms with Gasteiger partial charge in [-0.25, -0.2) is 0 Å². The summed E-state index contributed by atoms with van der Waals surface area (Å²) in [5.74, 6) is 2.41. The SMILES string of the molecule is CCCOc1cc(Br)c(CNCc2ccccc2OC)cc1OC. The maximum Gasteiger partial charge on any atom is 0.162 e. The predicted molar refractivity (Wildman–Crippen MR) is 100 cm³/mol. The van der Waals surface area contributed by atoms with Gasteiger partial charge in [-0.2, -0.15) is 0 Å². The Balaban J connectivity index is 2.04. The normalized spacial score (nSPS) is 10.5. The average molecular weight is 394 g/mol. The molecule has 4 nitrogen and oxygen atoms in total. The quantitative estimate of drug-likeness (QED) is 0.678. The summed E-state index contributed by atoms with van der Waals surface area (Å²) in [4.78, 5) is 0. The Morgan fingerprint density at radius 3 is 2.33 bits per heavy atom. The molecule has 0 aliphatic rings. The third-order valence-electron chi connectivity index (χ3n) is 3.62. The van der Waals surface area contributed by atoms with Crippen LogP contribution in [0.2, 0.25) is 0 Å². The zero-order valence-corrected chi connectivity index (χ0v) is 16.0. The number of benzene rings is 2. The monoisotopic (exact) mass is 393 g/mol. The molecule has 0 amide bonds. The van der Waals surface area contributed by atoms with Gasteiger partial charge in [-0.15, -0.1) is 0 Å². The zero-order valence-electron chi connectivity index (χ0n) is 14.4. The van der Waals surface area contributed by atoms with E-state index in [0.29, 0.717) is 13.2 Å². The van der Waals surface area contributed by atoms with Gasteiger partial charge in [0.1, 0.15) is 5.75 Å². The molecule has 0 aliphatic carbocycles. The Bertz CT molecular complexity index is 661. The Labute approximate surface area is 152 Å². The summed E-state index contributed by atoms with van der Waals surface area (Å²) in [5, 5.41) is 3.44. The van der Waals surface area contributed by atoms with Gasteiger partial charge in [-0.3, -0.25) is 0 Å². The molecule has 0 fully saturated rings. The largest absolute Gasteiger partial charge is 0.496 e. The van der Waals surface area contributed by atoms with Crippen molar-refractivity contribution in [1.82, 2.24) is 5.32 Å². The summed E-state index contributed by atoms with van der Waals surface area (Å²) in [6.07, 6.45) is 0.961. The third kappa shape index (κ3) is 4.89. The number of halogens is 1. The van der Waals surface area contributed by atoms with E-state index in [4.69, 9.17) is 14.2 Å². The minimum Gasteiger partial charge on any atom is -0.496 e. The van der Waals surface area contributed by atoms with Crippen LogP contribution in [0.4, 0.5) is 0 Å². The topological polar surface area (TPSA) is 39.7 Å². The molecule has 0 bridgehead atoms. The molecule has 2 aromatic rings. The van der Waals surface area contributed by atoms with Crippen molar-refractivity contribution in [2.45, 2.75) is 26.4 Å². The molecular weight excluding hydrogens is 370 g/mol. The lowest BCUT2D eigenvalue weighted by molar-refractivity contribution is 0.294. The second-order valence-electron chi connectivity index (χ2n) is 5.36. The van der Waals surface area contributed by atoms with Crippen LogP contribution in [0.15, 0.2) is 40.9 Å². The van der Waals surface area contributed by atoms with E-state index in [0.717, 1.165) is 45.8 Å². The Morgan fingerprint density at radius 2 is 1.62 bits per heavy atom. The number of hydrogen-bond donors (Lipinski definition) is 1. The second-order valence-corrected chi connectivity index (χ2v) is 6.21. The number of methoxy groups -OCH3 is 2. The van der Waals surface area contributed by atoms with E-state index in [1.54, 1.807) is 14.2 Å². The third-order valence-corrected chi connectivity index (χ3v) is 4.36. The van der Waals surface area contributed by atoms with E-state index < -0.39 is 0 Å². The number of nitrogens with one attached hydrogen (secondary N) is 1. The van der Waals surface area contributed by atoms with Gasteiger partial charge in [0.2, 0.25) is 0 Å². The van der Waals surface area contributed by atoms with Crippen LogP contribution < -0.4 is 19.5 Å². The van der Waals surface area contributed by atoms with E-state index in [1.807, 2.05) is 30.3 Å². The Hall–Kier alpha value is -1.72. The molecule has 0 saturated heterocycles. The van der Waals surface area contributed by atoms with Gasteiger partial charge in [0.25, 0.3) is 0 Å². The lowest BCUT2D eigenvalue weighted by atomic mass is 10.1. The molecule has 0 atom stereocenters. The molecule has 0 aromatic heterocycles. The first kappa shape index (κ1) is 18.6. The minimum absolute atomic E-state index is 0.675. The van der Waals surface area contributed by atoms with Crippen molar-refractivity contribution in [3.8, 4) is 17.2 Å². The van der Waals surface area contributed by atoms with Crippen LogP contribution >= 0.6 is 15.9 Å². The van der Waals surface area contributed by atoms with Crippen LogP contribution in [0, 0.1) is 0 Å². The van der Waals surface area contributed by atoms with E-state index in [-0.39, 0.29) is 0 Å². The molecule has 0 spiro atoms. The van der Waals surface area contributed by atoms with Gasteiger partial charge < -0.3 is 19.5 Å². The molecule has 2 rings (SSSR count). The standard InChI is InChI=1S/C19H24BrNO3/c1-4-9-24-19-11-16(20)15(10-18(19)23-3)13-21-12-14-7-5-6-8-17(14)22-2/h5-8,10-11,21H,4,9,12-13H2,1-3H3. The summed E-state index contributed by atoms with van der Waals surface area (Å²) >= 11 is 3.62. The second kappa shape index (κ2) is 9.55. The van der Waals surface area contributed by atoms with Crippen LogP contribution in [0.25, 0.3) is 0 Å². The maximum absolute atomic E-state index is 5.73. The summed E-state index contributed by atoms with van der Waals surface area (Å²) in [6, 6.07) is 12.0. The highest BCUT2D eigenvalue weighted by molar-refractivity contribution is 9.10. The highest BCUT2D eigenvalue weighted by Crippen LogP contribution is 2.33. The van der Waals surface area contributed by atoms with Gasteiger partial charge in [0.05, 0.1) is 20.8 Å². The van der Waals surface area contributed by atoms with Gasteiger partial charge in [-0.05, 0) is 30.2 Å². The Kier molecular flexibility index (Phi) is 7.40. The number of hydrogen-bond acceptors (Lipinski definition) is 4. The van der Waals surface area contributed by atoms with Gasteiger partial charge in [-0.1, -0.05) is 41.1 Å². The van der Waals surface area contributed by atoms with Crippen LogP contribution in [0.3, 0.4) is 0 Å². The number of ether oxygens (including phenoxy) is 3. The Morgan fingerprint density at radius 1 is 0.917 bits per heavy atom. The molecule has 130 valence electrons. The molecule has 24 heavy (non-hydrogen) atoms. The average Bonchev–Trinajstić information content (AvgIpc) is 2.61. The first-order valence-corrected chi connectivity index (χ1v) is 8.80. The van der Waals surface area contributed by atoms with Crippen LogP contribution in [0.1, 0.15) is 24.5 Å². The first-order valence-electron chi connectivity index (χ1n) is 8.01. The lowest BCUT2D eigenvalue weighted by Gasteiger charge is -2.14. The van der Waals surface area contributed by atoms with Crippen molar-refractivity contribution in [2.75, 3.05) is 20.8 Å². The van der Waals surface area contributed by atoms with Crippen molar-refractivity contribution in [3.05, 3.63) is 52.0 Å². The highest BCUT2D eigenvalue weighted by atomic mass is 79.9. The fraction of sp³-hybridized carbons (Fsp3) is 0.368. The smallest absolute Gasteiger partial charge is 0.162 e. The summed E-state index contributed by atoms with van der Waals surface area (Å²) in [7, 11) is 3.35. The molecule has 5 heteroatoms. The van der Waals surface area contributed by atoms with Crippen molar-refractivity contribution in [1.29, 1.82) is 0 Å². The lowest BCUT2D eigenvalue weighted by Crippen LogP contribution is -2.14. The fourth-order valence-corrected chi connectivity index (χ4v) is 2.84. The van der Waals surface area contributed by atoms with E-state index in [9.17, 15) is 0 Å². The van der Waals surface area contributed by atoms with Crippen LogP contribution in [-0.4, -0.2) is 20.8 Å². The molecule has 0 radical (unpaired) electrons. The number of rotatable bonds is 9. The van der Waals surface area contributed by atoms with E-state index in [2.05, 4.69) is 34.2 Å².